The highest BCUT2D eigenvalue weighted by molar-refractivity contribution is 5.78. The van der Waals surface area contributed by atoms with E-state index in [1.165, 1.54) is 11.1 Å². The quantitative estimate of drug-likeness (QED) is 0.651. The Labute approximate surface area is 165 Å². The molecule has 3 unspecified atom stereocenters. The lowest BCUT2D eigenvalue weighted by atomic mass is 9.84. The van der Waals surface area contributed by atoms with Gasteiger partial charge in [-0.25, -0.2) is 0 Å². The van der Waals surface area contributed by atoms with Gasteiger partial charge in [0.25, 0.3) is 0 Å². The number of primary amides is 1. The first-order chi connectivity index (χ1) is 13.6. The van der Waals surface area contributed by atoms with Crippen LogP contribution >= 0.6 is 0 Å². The van der Waals surface area contributed by atoms with Crippen LogP contribution < -0.4 is 10.5 Å². The number of amides is 1. The van der Waals surface area contributed by atoms with Gasteiger partial charge in [0.2, 0.25) is 5.91 Å². The molecule has 4 nitrogen and oxygen atoms in total. The Kier molecular flexibility index (Phi) is 5.20. The Balaban J connectivity index is 1.54. The molecule has 4 rings (SSSR count). The summed E-state index contributed by atoms with van der Waals surface area (Å²) in [4.78, 5) is 15.4. The monoisotopic (exact) mass is 374 g/mol. The summed E-state index contributed by atoms with van der Waals surface area (Å²) >= 11 is 0. The summed E-state index contributed by atoms with van der Waals surface area (Å²) in [6, 6.07) is 20.7. The number of rotatable bonds is 7. The SMILES string of the molecule is CC(c1ccc[nH]1)C(Cc1ccc2c(c1)C(Cc1ccccc1)CO2)C(N)=O. The summed E-state index contributed by atoms with van der Waals surface area (Å²) in [5, 5.41) is 0. The van der Waals surface area contributed by atoms with Crippen LogP contribution in [0.25, 0.3) is 0 Å². The first-order valence-corrected chi connectivity index (χ1v) is 9.84. The van der Waals surface area contributed by atoms with Crippen LogP contribution in [0.3, 0.4) is 0 Å². The number of nitrogens with two attached hydrogens (primary N) is 1. The topological polar surface area (TPSA) is 68.1 Å². The normalized spacial score (nSPS) is 17.5. The summed E-state index contributed by atoms with van der Waals surface area (Å²) in [5.74, 6) is 0.811. The smallest absolute Gasteiger partial charge is 0.221 e. The second kappa shape index (κ2) is 7.93. The Morgan fingerprint density at radius 2 is 1.96 bits per heavy atom. The van der Waals surface area contributed by atoms with Crippen molar-refractivity contribution in [2.24, 2.45) is 11.7 Å². The molecule has 0 spiro atoms. The summed E-state index contributed by atoms with van der Waals surface area (Å²) in [6.07, 6.45) is 3.46. The molecule has 144 valence electrons. The predicted molar refractivity (Wildman–Crippen MR) is 110 cm³/mol. The van der Waals surface area contributed by atoms with Gasteiger partial charge in [-0.05, 0) is 42.2 Å². The molecule has 1 amide bonds. The first-order valence-electron chi connectivity index (χ1n) is 9.84. The number of carbonyl (C=O) groups excluding carboxylic acids is 1. The number of aromatic nitrogens is 1. The molecule has 0 bridgehead atoms. The lowest BCUT2D eigenvalue weighted by Crippen LogP contribution is -2.29. The minimum Gasteiger partial charge on any atom is -0.493 e. The van der Waals surface area contributed by atoms with Gasteiger partial charge in [0.05, 0.1) is 6.61 Å². The second-order valence-electron chi connectivity index (χ2n) is 7.70. The number of ether oxygens (including phenoxy) is 1. The van der Waals surface area contributed by atoms with Crippen molar-refractivity contribution in [1.29, 1.82) is 0 Å². The zero-order chi connectivity index (χ0) is 19.5. The predicted octanol–water partition coefficient (Wildman–Crippen LogP) is 4.18. The fourth-order valence-corrected chi connectivity index (χ4v) is 4.14. The van der Waals surface area contributed by atoms with Crippen molar-refractivity contribution in [3.63, 3.8) is 0 Å². The number of H-pyrrole nitrogens is 1. The number of hydrogen-bond acceptors (Lipinski definition) is 2. The van der Waals surface area contributed by atoms with Crippen molar-refractivity contribution >= 4 is 5.91 Å². The molecule has 0 fully saturated rings. The van der Waals surface area contributed by atoms with Crippen LogP contribution in [-0.2, 0) is 17.6 Å². The highest BCUT2D eigenvalue weighted by Crippen LogP contribution is 2.37. The van der Waals surface area contributed by atoms with Crippen LogP contribution in [-0.4, -0.2) is 17.5 Å². The highest BCUT2D eigenvalue weighted by atomic mass is 16.5. The first kappa shape index (κ1) is 18.4. The van der Waals surface area contributed by atoms with E-state index >= 15 is 0 Å². The maximum Gasteiger partial charge on any atom is 0.221 e. The molecule has 4 heteroatoms. The Bertz CT molecular complexity index is 935. The molecule has 0 aliphatic carbocycles. The van der Waals surface area contributed by atoms with Gasteiger partial charge in [0, 0.05) is 35.2 Å². The fourth-order valence-electron chi connectivity index (χ4n) is 4.14. The van der Waals surface area contributed by atoms with Crippen LogP contribution in [0.15, 0.2) is 66.9 Å². The van der Waals surface area contributed by atoms with E-state index in [1.807, 2.05) is 30.5 Å². The average Bonchev–Trinajstić information content (AvgIpc) is 3.37. The minimum atomic E-state index is -0.264. The van der Waals surface area contributed by atoms with Crippen molar-refractivity contribution in [2.75, 3.05) is 6.61 Å². The third-order valence-electron chi connectivity index (χ3n) is 5.82. The zero-order valence-corrected chi connectivity index (χ0v) is 16.1. The van der Waals surface area contributed by atoms with E-state index in [0.717, 1.165) is 23.4 Å². The number of benzene rings is 2. The summed E-state index contributed by atoms with van der Waals surface area (Å²) in [5.41, 5.74) is 10.5. The largest absolute Gasteiger partial charge is 0.493 e. The van der Waals surface area contributed by atoms with Crippen molar-refractivity contribution in [2.45, 2.75) is 31.6 Å². The molecule has 3 atom stereocenters. The lowest BCUT2D eigenvalue weighted by Gasteiger charge is -2.21. The van der Waals surface area contributed by atoms with Gasteiger partial charge in [0.1, 0.15) is 5.75 Å². The maximum atomic E-state index is 12.2. The summed E-state index contributed by atoms with van der Waals surface area (Å²) in [6.45, 7) is 2.75. The van der Waals surface area contributed by atoms with E-state index < -0.39 is 0 Å². The molecular formula is C24H26N2O2. The maximum absolute atomic E-state index is 12.2. The van der Waals surface area contributed by atoms with Gasteiger partial charge in [-0.3, -0.25) is 4.79 Å². The molecule has 0 saturated heterocycles. The van der Waals surface area contributed by atoms with Gasteiger partial charge in [-0.2, -0.15) is 0 Å². The molecule has 1 aromatic heterocycles. The molecule has 1 aliphatic heterocycles. The number of nitrogens with one attached hydrogen (secondary N) is 1. The van der Waals surface area contributed by atoms with Gasteiger partial charge >= 0.3 is 0 Å². The molecule has 1 aliphatic rings. The Morgan fingerprint density at radius 3 is 2.68 bits per heavy atom. The molecule has 0 saturated carbocycles. The van der Waals surface area contributed by atoms with Crippen molar-refractivity contribution in [3.8, 4) is 5.75 Å². The number of aromatic amines is 1. The average molecular weight is 374 g/mol. The van der Waals surface area contributed by atoms with Crippen LogP contribution in [0, 0.1) is 5.92 Å². The van der Waals surface area contributed by atoms with E-state index in [1.54, 1.807) is 0 Å². The van der Waals surface area contributed by atoms with Crippen LogP contribution in [0.2, 0.25) is 0 Å². The van der Waals surface area contributed by atoms with Gasteiger partial charge < -0.3 is 15.5 Å². The van der Waals surface area contributed by atoms with E-state index in [0.29, 0.717) is 18.9 Å². The van der Waals surface area contributed by atoms with Crippen LogP contribution in [0.1, 0.15) is 41.1 Å². The molecule has 2 heterocycles. The van der Waals surface area contributed by atoms with Crippen LogP contribution in [0.5, 0.6) is 5.75 Å². The van der Waals surface area contributed by atoms with Crippen LogP contribution in [0.4, 0.5) is 0 Å². The second-order valence-corrected chi connectivity index (χ2v) is 7.70. The fraction of sp³-hybridized carbons (Fsp3) is 0.292. The summed E-state index contributed by atoms with van der Waals surface area (Å²) in [7, 11) is 0. The van der Waals surface area contributed by atoms with Crippen molar-refractivity contribution in [1.82, 2.24) is 4.98 Å². The third-order valence-corrected chi connectivity index (χ3v) is 5.82. The van der Waals surface area contributed by atoms with E-state index in [4.69, 9.17) is 10.5 Å². The van der Waals surface area contributed by atoms with E-state index in [-0.39, 0.29) is 17.7 Å². The zero-order valence-electron chi connectivity index (χ0n) is 16.1. The third kappa shape index (κ3) is 3.81. The molecule has 28 heavy (non-hydrogen) atoms. The highest BCUT2D eigenvalue weighted by Gasteiger charge is 2.28. The number of fused-ring (bicyclic) bond motifs is 1. The molecular weight excluding hydrogens is 348 g/mol. The van der Waals surface area contributed by atoms with E-state index in [9.17, 15) is 4.79 Å². The number of hydrogen-bond donors (Lipinski definition) is 2. The molecule has 3 N–H and O–H groups in total. The van der Waals surface area contributed by atoms with E-state index in [2.05, 4.69) is 48.3 Å². The Hall–Kier alpha value is -3.01. The number of carbonyl (C=O) groups is 1. The van der Waals surface area contributed by atoms with Gasteiger partial charge in [-0.15, -0.1) is 0 Å². The standard InChI is InChI=1S/C24H26N2O2/c1-16(22-8-5-11-26-22)20(24(25)27)13-18-9-10-23-21(14-18)19(15-28-23)12-17-6-3-2-4-7-17/h2-11,14,16,19-20,26H,12-13,15H2,1H3,(H2,25,27). The van der Waals surface area contributed by atoms with Gasteiger partial charge in [0.15, 0.2) is 0 Å². The molecule has 3 aromatic rings. The molecule has 0 radical (unpaired) electrons. The van der Waals surface area contributed by atoms with Crippen molar-refractivity contribution in [3.05, 3.63) is 89.2 Å². The summed E-state index contributed by atoms with van der Waals surface area (Å²) < 4.78 is 5.90. The minimum absolute atomic E-state index is 0.0390. The van der Waals surface area contributed by atoms with Gasteiger partial charge in [-0.1, -0.05) is 49.4 Å². The Morgan fingerprint density at radius 1 is 1.14 bits per heavy atom. The lowest BCUT2D eigenvalue weighted by molar-refractivity contribution is -0.122. The molecule has 2 aromatic carbocycles. The van der Waals surface area contributed by atoms with Crippen molar-refractivity contribution < 1.29 is 9.53 Å².